The fourth-order valence-corrected chi connectivity index (χ4v) is 10.6. The van der Waals surface area contributed by atoms with Crippen LogP contribution in [0.5, 0.6) is 17.2 Å². The molecule has 1 unspecified atom stereocenters. The molecular formula is C53H50NO4P. The summed E-state index contributed by atoms with van der Waals surface area (Å²) < 4.78 is 39.5. The number of nitrogens with zero attached hydrogens (tertiary/aromatic N) is 1. The first kappa shape index (κ1) is 38.5. The summed E-state index contributed by atoms with van der Waals surface area (Å²) in [6, 6.07) is 51.7. The zero-order chi connectivity index (χ0) is 41.1. The first-order valence-electron chi connectivity index (χ1n) is 20.4. The lowest BCUT2D eigenvalue weighted by molar-refractivity contribution is 0.304. The summed E-state index contributed by atoms with van der Waals surface area (Å²) in [7, 11) is -3.90. The molecule has 9 rings (SSSR count). The highest BCUT2D eigenvalue weighted by molar-refractivity contribution is 7.75. The third kappa shape index (κ3) is 7.02. The van der Waals surface area contributed by atoms with Crippen molar-refractivity contribution in [2.24, 2.45) is 0 Å². The molecule has 1 aliphatic rings. The maximum Gasteiger partial charge on any atom is 0.311 e. The van der Waals surface area contributed by atoms with Gasteiger partial charge in [-0.05, 0) is 82.0 Å². The largest absolute Gasteiger partial charge is 0.487 e. The molecule has 0 fully saturated rings. The van der Waals surface area contributed by atoms with Crippen molar-refractivity contribution in [3.63, 3.8) is 0 Å². The van der Waals surface area contributed by atoms with E-state index in [0.29, 0.717) is 34.5 Å². The molecule has 0 spiro atoms. The number of hydrogen-bond acceptors (Lipinski definition) is 4. The summed E-state index contributed by atoms with van der Waals surface area (Å²) in [4.78, 5) is 0. The summed E-state index contributed by atoms with van der Waals surface area (Å²) >= 11 is 0. The predicted molar refractivity (Wildman–Crippen MR) is 244 cm³/mol. The molecule has 0 amide bonds. The third-order valence-electron chi connectivity index (χ3n) is 11.5. The second-order valence-electron chi connectivity index (χ2n) is 17.8. The Hall–Kier alpha value is -6.03. The number of benzene rings is 7. The van der Waals surface area contributed by atoms with Crippen LogP contribution >= 0.6 is 7.37 Å². The standard InChI is InChI=1S/C53H50NO4P/c1-35-21-30-44-43(31-35)49-50(54(44)40-15-9-8-10-16-40)46(56-33-36-22-26-38(27-23-36)52(2,3)4)32-48(51(49)57-34-37-24-28-39(29-25-37)53(5,6)7)59(55)47-20-14-12-18-42(47)41-17-11-13-19-45(41)58-59/h8-32H,33-34H2,1-7H3. The Kier molecular flexibility index (Phi) is 9.56. The Morgan fingerprint density at radius 1 is 0.593 bits per heavy atom. The van der Waals surface area contributed by atoms with E-state index < -0.39 is 7.37 Å². The van der Waals surface area contributed by atoms with Crippen LogP contribution in [-0.2, 0) is 28.6 Å². The SMILES string of the molecule is Cc1ccc2c(c1)c1c(OCc3ccc(C(C)(C)C)cc3)c(P3(=O)Oc4ccccc4-c4ccccc43)cc(OCc3ccc(C(C)(C)C)cc3)c1n2-c1ccccc1. The van der Waals surface area contributed by atoms with Crippen molar-refractivity contribution in [3.05, 3.63) is 179 Å². The number of hydrogen-bond donors (Lipinski definition) is 0. The monoisotopic (exact) mass is 795 g/mol. The molecule has 0 saturated heterocycles. The average molecular weight is 796 g/mol. The van der Waals surface area contributed by atoms with Crippen LogP contribution in [0.2, 0.25) is 0 Å². The second-order valence-corrected chi connectivity index (χ2v) is 20.0. The lowest BCUT2D eigenvalue weighted by atomic mass is 9.87. The third-order valence-corrected chi connectivity index (χ3v) is 13.9. The van der Waals surface area contributed by atoms with E-state index in [2.05, 4.69) is 132 Å². The minimum atomic E-state index is -3.90. The molecule has 7 aromatic carbocycles. The van der Waals surface area contributed by atoms with Crippen molar-refractivity contribution >= 4 is 39.8 Å². The number of aromatic nitrogens is 1. The molecule has 0 radical (unpaired) electrons. The number of ether oxygens (including phenoxy) is 2. The fourth-order valence-electron chi connectivity index (χ4n) is 8.19. The van der Waals surface area contributed by atoms with E-state index in [4.69, 9.17) is 14.0 Å². The molecule has 5 nitrogen and oxygen atoms in total. The van der Waals surface area contributed by atoms with E-state index in [1.165, 1.54) is 11.1 Å². The van der Waals surface area contributed by atoms with E-state index in [1.807, 2.05) is 72.8 Å². The molecule has 296 valence electrons. The highest BCUT2D eigenvalue weighted by atomic mass is 31.2. The van der Waals surface area contributed by atoms with Gasteiger partial charge in [0.1, 0.15) is 36.0 Å². The minimum absolute atomic E-state index is 0.0156. The van der Waals surface area contributed by atoms with Crippen LogP contribution in [0, 0.1) is 6.92 Å². The van der Waals surface area contributed by atoms with Gasteiger partial charge in [-0.1, -0.05) is 156 Å². The topological polar surface area (TPSA) is 49.7 Å². The molecule has 6 heteroatoms. The van der Waals surface area contributed by atoms with Gasteiger partial charge in [0.25, 0.3) is 0 Å². The highest BCUT2D eigenvalue weighted by Crippen LogP contribution is 2.57. The van der Waals surface area contributed by atoms with Gasteiger partial charge in [0.15, 0.2) is 0 Å². The van der Waals surface area contributed by atoms with Crippen molar-refractivity contribution in [2.75, 3.05) is 0 Å². The molecule has 8 aromatic rings. The number of rotatable bonds is 8. The quantitative estimate of drug-likeness (QED) is 0.144. The van der Waals surface area contributed by atoms with Crippen molar-refractivity contribution in [2.45, 2.75) is 72.5 Å². The zero-order valence-corrected chi connectivity index (χ0v) is 35.8. The van der Waals surface area contributed by atoms with Crippen molar-refractivity contribution in [1.29, 1.82) is 0 Å². The van der Waals surface area contributed by atoms with Crippen LogP contribution in [-0.4, -0.2) is 4.57 Å². The number of aryl methyl sites for hydroxylation is 1. The van der Waals surface area contributed by atoms with Crippen LogP contribution in [0.25, 0.3) is 38.6 Å². The Balaban J connectivity index is 1.32. The predicted octanol–water partition coefficient (Wildman–Crippen LogP) is 13.1. The molecule has 1 aromatic heterocycles. The molecule has 1 atom stereocenters. The maximum absolute atomic E-state index is 16.3. The average Bonchev–Trinajstić information content (AvgIpc) is 3.57. The van der Waals surface area contributed by atoms with Crippen molar-refractivity contribution < 1.29 is 18.6 Å². The van der Waals surface area contributed by atoms with Gasteiger partial charge in [-0.3, -0.25) is 4.57 Å². The summed E-state index contributed by atoms with van der Waals surface area (Å²) in [5, 5.41) is 2.89. The fraction of sp³-hybridized carbons (Fsp3) is 0.208. The van der Waals surface area contributed by atoms with Crippen LogP contribution in [0.4, 0.5) is 0 Å². The van der Waals surface area contributed by atoms with Gasteiger partial charge in [0.2, 0.25) is 0 Å². The molecule has 0 aliphatic carbocycles. The lowest BCUT2D eigenvalue weighted by Crippen LogP contribution is -2.27. The molecule has 59 heavy (non-hydrogen) atoms. The molecule has 0 N–H and O–H groups in total. The van der Waals surface area contributed by atoms with Crippen molar-refractivity contribution in [3.8, 4) is 34.1 Å². The van der Waals surface area contributed by atoms with Gasteiger partial charge in [0, 0.05) is 22.7 Å². The molecule has 1 aliphatic heterocycles. The lowest BCUT2D eigenvalue weighted by Gasteiger charge is -2.30. The van der Waals surface area contributed by atoms with E-state index in [-0.39, 0.29) is 17.4 Å². The smallest absolute Gasteiger partial charge is 0.311 e. The Bertz CT molecular complexity index is 2900. The minimum Gasteiger partial charge on any atom is -0.487 e. The van der Waals surface area contributed by atoms with E-state index >= 15 is 4.57 Å². The van der Waals surface area contributed by atoms with Gasteiger partial charge in [-0.25, -0.2) is 0 Å². The van der Waals surface area contributed by atoms with Crippen molar-refractivity contribution in [1.82, 2.24) is 4.57 Å². The van der Waals surface area contributed by atoms with E-state index in [0.717, 1.165) is 55.3 Å². The summed E-state index contributed by atoms with van der Waals surface area (Å²) in [5.41, 5.74) is 10.3. The maximum atomic E-state index is 16.3. The summed E-state index contributed by atoms with van der Waals surface area (Å²) in [5.74, 6) is 1.68. The van der Waals surface area contributed by atoms with E-state index in [1.54, 1.807) is 0 Å². The first-order chi connectivity index (χ1) is 28.3. The van der Waals surface area contributed by atoms with Gasteiger partial charge in [0.05, 0.1) is 21.5 Å². The van der Waals surface area contributed by atoms with Gasteiger partial charge < -0.3 is 18.6 Å². The number of para-hydroxylation sites is 2. The first-order valence-corrected chi connectivity index (χ1v) is 22.0. The Labute approximate surface area is 347 Å². The second kappa shape index (κ2) is 14.7. The van der Waals surface area contributed by atoms with Gasteiger partial charge in [-0.15, -0.1) is 0 Å². The normalized spacial score (nSPS) is 15.1. The van der Waals surface area contributed by atoms with Gasteiger partial charge in [-0.2, -0.15) is 0 Å². The van der Waals surface area contributed by atoms with Crippen LogP contribution in [0.15, 0.2) is 152 Å². The Morgan fingerprint density at radius 3 is 1.81 bits per heavy atom. The molecule has 2 heterocycles. The molecular weight excluding hydrogens is 746 g/mol. The van der Waals surface area contributed by atoms with Crippen LogP contribution in [0.1, 0.15) is 69.4 Å². The highest BCUT2D eigenvalue weighted by Gasteiger charge is 2.42. The van der Waals surface area contributed by atoms with E-state index in [9.17, 15) is 0 Å². The summed E-state index contributed by atoms with van der Waals surface area (Å²) in [6.45, 7) is 16.0. The zero-order valence-electron chi connectivity index (χ0n) is 34.9. The Morgan fingerprint density at radius 2 is 1.17 bits per heavy atom. The van der Waals surface area contributed by atoms with Gasteiger partial charge >= 0.3 is 7.37 Å². The van der Waals surface area contributed by atoms with Crippen LogP contribution < -0.4 is 24.6 Å². The summed E-state index contributed by atoms with van der Waals surface area (Å²) in [6.07, 6.45) is 0. The molecule has 0 bridgehead atoms. The van der Waals surface area contributed by atoms with Crippen LogP contribution in [0.3, 0.4) is 0 Å². The molecule has 0 saturated carbocycles. The number of fused-ring (bicyclic) bond motifs is 6.